The Morgan fingerprint density at radius 1 is 1.26 bits per heavy atom. The Balaban J connectivity index is 1.76. The van der Waals surface area contributed by atoms with Gasteiger partial charge in [-0.1, -0.05) is 17.3 Å². The fourth-order valence-corrected chi connectivity index (χ4v) is 2.90. The second kappa shape index (κ2) is 6.81. The quantitative estimate of drug-likeness (QED) is 0.939. The summed E-state index contributed by atoms with van der Waals surface area (Å²) in [6, 6.07) is 7.43. The molecule has 2 aromatic rings. The molecule has 2 heterocycles. The molecular weight excluding hydrogens is 292 g/mol. The Hall–Kier alpha value is -2.37. The molecule has 1 atom stereocenters. The Kier molecular flexibility index (Phi) is 4.60. The van der Waals surface area contributed by atoms with Gasteiger partial charge in [0.25, 0.3) is 5.91 Å². The monoisotopic (exact) mass is 314 g/mol. The van der Waals surface area contributed by atoms with Crippen molar-refractivity contribution in [3.05, 3.63) is 41.5 Å². The number of nitrogens with one attached hydrogen (secondary N) is 1. The van der Waals surface area contributed by atoms with Crippen LogP contribution in [0.1, 0.15) is 54.3 Å². The van der Waals surface area contributed by atoms with Crippen molar-refractivity contribution in [3.8, 4) is 0 Å². The SMILES string of the molecule is Cc1noc([C@@H](C)NC(=O)c2ccccc2N2CCCCC2)n1. The topological polar surface area (TPSA) is 71.3 Å². The second-order valence-electron chi connectivity index (χ2n) is 5.94. The van der Waals surface area contributed by atoms with Crippen LogP contribution in [0.25, 0.3) is 0 Å². The molecule has 0 aliphatic carbocycles. The number of aromatic nitrogens is 2. The predicted octanol–water partition coefficient (Wildman–Crippen LogP) is 2.86. The highest BCUT2D eigenvalue weighted by atomic mass is 16.5. The summed E-state index contributed by atoms with van der Waals surface area (Å²) in [4.78, 5) is 19.1. The molecule has 0 saturated carbocycles. The molecule has 6 nitrogen and oxygen atoms in total. The van der Waals surface area contributed by atoms with Crippen LogP contribution in [-0.4, -0.2) is 29.1 Å². The van der Waals surface area contributed by atoms with Gasteiger partial charge in [0, 0.05) is 18.8 Å². The van der Waals surface area contributed by atoms with Crippen molar-refractivity contribution in [2.45, 2.75) is 39.2 Å². The van der Waals surface area contributed by atoms with Gasteiger partial charge in [-0.05, 0) is 45.2 Å². The minimum atomic E-state index is -0.321. The molecule has 1 aliphatic heterocycles. The number of amides is 1. The Bertz CT molecular complexity index is 677. The lowest BCUT2D eigenvalue weighted by Crippen LogP contribution is -2.33. The van der Waals surface area contributed by atoms with Crippen LogP contribution in [0.3, 0.4) is 0 Å². The molecular formula is C17H22N4O2. The minimum absolute atomic E-state index is 0.116. The van der Waals surface area contributed by atoms with Gasteiger partial charge in [0.2, 0.25) is 5.89 Å². The third-order valence-corrected chi connectivity index (χ3v) is 4.11. The standard InChI is InChI=1S/C17H22N4O2/c1-12(17-19-13(2)20-23-17)18-16(22)14-8-4-5-9-15(14)21-10-6-3-7-11-21/h4-5,8-9,12H,3,6-7,10-11H2,1-2H3,(H,18,22)/t12-/m1/s1. The Morgan fingerprint density at radius 3 is 2.70 bits per heavy atom. The van der Waals surface area contributed by atoms with Crippen LogP contribution in [0, 0.1) is 6.92 Å². The first-order chi connectivity index (χ1) is 11.1. The molecule has 0 spiro atoms. The van der Waals surface area contributed by atoms with Crippen LogP contribution >= 0.6 is 0 Å². The average molecular weight is 314 g/mol. The summed E-state index contributed by atoms with van der Waals surface area (Å²) in [5, 5.41) is 6.71. The van der Waals surface area contributed by atoms with Gasteiger partial charge in [-0.15, -0.1) is 0 Å². The summed E-state index contributed by atoms with van der Waals surface area (Å²) in [5.41, 5.74) is 1.69. The lowest BCUT2D eigenvalue weighted by atomic mass is 10.1. The number of hydrogen-bond acceptors (Lipinski definition) is 5. The average Bonchev–Trinajstić information content (AvgIpc) is 3.02. The van der Waals surface area contributed by atoms with E-state index in [1.165, 1.54) is 19.3 Å². The zero-order chi connectivity index (χ0) is 16.2. The summed E-state index contributed by atoms with van der Waals surface area (Å²) < 4.78 is 5.12. The molecule has 3 rings (SSSR count). The summed E-state index contributed by atoms with van der Waals surface area (Å²) in [5.74, 6) is 0.871. The molecule has 1 amide bonds. The molecule has 1 aromatic carbocycles. The van der Waals surface area contributed by atoms with E-state index in [1.807, 2.05) is 31.2 Å². The molecule has 122 valence electrons. The molecule has 6 heteroatoms. The first kappa shape index (κ1) is 15.5. The molecule has 1 N–H and O–H groups in total. The van der Waals surface area contributed by atoms with E-state index in [-0.39, 0.29) is 11.9 Å². The largest absolute Gasteiger partial charge is 0.371 e. The maximum atomic E-state index is 12.7. The lowest BCUT2D eigenvalue weighted by molar-refractivity contribution is 0.0933. The van der Waals surface area contributed by atoms with Crippen molar-refractivity contribution in [3.63, 3.8) is 0 Å². The van der Waals surface area contributed by atoms with Crippen molar-refractivity contribution in [2.24, 2.45) is 0 Å². The van der Waals surface area contributed by atoms with E-state index in [2.05, 4.69) is 20.4 Å². The van der Waals surface area contributed by atoms with Gasteiger partial charge < -0.3 is 14.7 Å². The van der Waals surface area contributed by atoms with E-state index in [0.717, 1.165) is 18.8 Å². The lowest BCUT2D eigenvalue weighted by Gasteiger charge is -2.30. The Morgan fingerprint density at radius 2 is 2.00 bits per heavy atom. The van der Waals surface area contributed by atoms with Crippen LogP contribution in [0.5, 0.6) is 0 Å². The molecule has 1 aliphatic rings. The van der Waals surface area contributed by atoms with E-state index in [0.29, 0.717) is 17.3 Å². The van der Waals surface area contributed by atoms with Gasteiger partial charge in [-0.3, -0.25) is 4.79 Å². The van der Waals surface area contributed by atoms with Gasteiger partial charge in [0.1, 0.15) is 6.04 Å². The van der Waals surface area contributed by atoms with Gasteiger partial charge in [0.05, 0.1) is 5.56 Å². The molecule has 1 aromatic heterocycles. The number of benzene rings is 1. The highest BCUT2D eigenvalue weighted by Crippen LogP contribution is 2.24. The second-order valence-corrected chi connectivity index (χ2v) is 5.94. The number of hydrogen-bond donors (Lipinski definition) is 1. The summed E-state index contributed by atoms with van der Waals surface area (Å²) in [6.45, 7) is 5.60. The van der Waals surface area contributed by atoms with Crippen molar-refractivity contribution < 1.29 is 9.32 Å². The van der Waals surface area contributed by atoms with Crippen LogP contribution in [0.2, 0.25) is 0 Å². The number of carbonyl (C=O) groups excluding carboxylic acids is 1. The molecule has 23 heavy (non-hydrogen) atoms. The van der Waals surface area contributed by atoms with Crippen LogP contribution in [0.15, 0.2) is 28.8 Å². The fourth-order valence-electron chi connectivity index (χ4n) is 2.90. The summed E-state index contributed by atoms with van der Waals surface area (Å²) in [7, 11) is 0. The first-order valence-electron chi connectivity index (χ1n) is 8.10. The van der Waals surface area contributed by atoms with Gasteiger partial charge in [-0.25, -0.2) is 0 Å². The smallest absolute Gasteiger partial charge is 0.254 e. The molecule has 1 fully saturated rings. The van der Waals surface area contributed by atoms with Crippen molar-refractivity contribution in [2.75, 3.05) is 18.0 Å². The maximum absolute atomic E-state index is 12.7. The zero-order valence-electron chi connectivity index (χ0n) is 13.6. The highest BCUT2D eigenvalue weighted by molar-refractivity contribution is 6.00. The third-order valence-electron chi connectivity index (χ3n) is 4.11. The number of rotatable bonds is 4. The van der Waals surface area contributed by atoms with Crippen molar-refractivity contribution in [1.82, 2.24) is 15.5 Å². The molecule has 0 bridgehead atoms. The normalized spacial score (nSPS) is 16.2. The van der Waals surface area contributed by atoms with E-state index < -0.39 is 0 Å². The predicted molar refractivity (Wildman–Crippen MR) is 87.4 cm³/mol. The van der Waals surface area contributed by atoms with Crippen molar-refractivity contribution in [1.29, 1.82) is 0 Å². The van der Waals surface area contributed by atoms with Crippen LogP contribution < -0.4 is 10.2 Å². The number of piperidine rings is 1. The molecule has 0 radical (unpaired) electrons. The Labute approximate surface area is 135 Å². The number of anilines is 1. The van der Waals surface area contributed by atoms with E-state index >= 15 is 0 Å². The van der Waals surface area contributed by atoms with Crippen LogP contribution in [0.4, 0.5) is 5.69 Å². The van der Waals surface area contributed by atoms with Gasteiger partial charge in [0.15, 0.2) is 5.82 Å². The summed E-state index contributed by atoms with van der Waals surface area (Å²) in [6.07, 6.45) is 3.61. The molecule has 0 unspecified atom stereocenters. The summed E-state index contributed by atoms with van der Waals surface area (Å²) >= 11 is 0. The minimum Gasteiger partial charge on any atom is -0.371 e. The highest BCUT2D eigenvalue weighted by Gasteiger charge is 2.21. The first-order valence-corrected chi connectivity index (χ1v) is 8.10. The number of aryl methyl sites for hydroxylation is 1. The van der Waals surface area contributed by atoms with E-state index in [1.54, 1.807) is 6.92 Å². The maximum Gasteiger partial charge on any atom is 0.254 e. The molecule has 1 saturated heterocycles. The fraction of sp³-hybridized carbons (Fsp3) is 0.471. The van der Waals surface area contributed by atoms with Gasteiger partial charge >= 0.3 is 0 Å². The van der Waals surface area contributed by atoms with Gasteiger partial charge in [-0.2, -0.15) is 4.98 Å². The van der Waals surface area contributed by atoms with Crippen LogP contribution in [-0.2, 0) is 0 Å². The third kappa shape index (κ3) is 3.52. The number of para-hydroxylation sites is 1. The zero-order valence-corrected chi connectivity index (χ0v) is 13.6. The number of nitrogens with zero attached hydrogens (tertiary/aromatic N) is 3. The van der Waals surface area contributed by atoms with E-state index in [9.17, 15) is 4.79 Å². The van der Waals surface area contributed by atoms with Crippen molar-refractivity contribution >= 4 is 11.6 Å². The van der Waals surface area contributed by atoms with E-state index in [4.69, 9.17) is 4.52 Å². The number of carbonyl (C=O) groups is 1.